The molecule has 0 atom stereocenters. The fraction of sp³-hybridized carbons (Fsp3) is 0. The normalized spacial score (nSPS) is 14.3. The molecule has 0 unspecified atom stereocenters. The Bertz CT molecular complexity index is 3920. The van der Waals surface area contributed by atoms with Crippen LogP contribution in [0.1, 0.15) is 0 Å². The summed E-state index contributed by atoms with van der Waals surface area (Å²) in [6, 6.07) is 54.9. The van der Waals surface area contributed by atoms with Crippen LogP contribution >= 0.6 is 0 Å². The average molecular weight is 820 g/mol. The summed E-state index contributed by atoms with van der Waals surface area (Å²) in [4.78, 5) is 0. The minimum atomic E-state index is -0.0668. The van der Waals surface area contributed by atoms with Crippen molar-refractivity contribution in [2.45, 2.75) is 0 Å². The van der Waals surface area contributed by atoms with E-state index in [2.05, 4.69) is 94.1 Å². The lowest BCUT2D eigenvalue weighted by atomic mass is 9.34. The van der Waals surface area contributed by atoms with E-state index in [0.29, 0.717) is 0 Å². The lowest BCUT2D eigenvalue weighted by molar-refractivity contribution is 0.442. The summed E-state index contributed by atoms with van der Waals surface area (Å²) >= 11 is 0. The molecule has 0 radical (unpaired) electrons. The van der Waals surface area contributed by atoms with Gasteiger partial charge in [0.05, 0.1) is 33.4 Å². The molecule has 6 aliphatic heterocycles. The first kappa shape index (κ1) is 32.3. The second-order valence-corrected chi connectivity index (χ2v) is 17.4. The standard InChI is InChI=1S/C54H26B2N2O6/c1-3-11-32-29(9-1)30-21-22-34-47(54(30)58(32)28-25-45-53-46(26-28)64-42-20-8-16-38-51(42)56(53)50-37(60-38)15-7-19-41(50)63-45)31-10-2-4-12-33(31)57(34)27-23-43-52-44(24-27)62-40-18-6-14-36-49(40)55(52)48-35(59-36)13-5-17-39(48)61-43/h1-26H. The maximum absolute atomic E-state index is 6.86. The molecule has 8 heterocycles. The predicted molar refractivity (Wildman–Crippen MR) is 251 cm³/mol. The number of hydrogen-bond donors (Lipinski definition) is 0. The summed E-state index contributed by atoms with van der Waals surface area (Å²) in [5.74, 6) is 9.59. The van der Waals surface area contributed by atoms with Gasteiger partial charge in [-0.15, -0.1) is 0 Å². The Kier molecular flexibility index (Phi) is 5.51. The van der Waals surface area contributed by atoms with Gasteiger partial charge >= 0.3 is 0 Å². The van der Waals surface area contributed by atoms with E-state index in [4.69, 9.17) is 28.4 Å². The van der Waals surface area contributed by atoms with E-state index in [0.717, 1.165) is 157 Å². The monoisotopic (exact) mass is 820 g/mol. The Morgan fingerprint density at radius 1 is 0.281 bits per heavy atom. The molecule has 0 N–H and O–H groups in total. The van der Waals surface area contributed by atoms with Crippen LogP contribution in [0.5, 0.6) is 69.0 Å². The number of benzene rings is 9. The first-order valence-corrected chi connectivity index (χ1v) is 21.6. The van der Waals surface area contributed by atoms with Gasteiger partial charge in [-0.2, -0.15) is 0 Å². The van der Waals surface area contributed by atoms with Gasteiger partial charge in [-0.1, -0.05) is 66.7 Å². The summed E-state index contributed by atoms with van der Waals surface area (Å²) in [5, 5.41) is 4.58. The number of fused-ring (bicyclic) bond motifs is 7. The minimum Gasteiger partial charge on any atom is -0.458 e. The second kappa shape index (κ2) is 10.9. The topological polar surface area (TPSA) is 65.2 Å². The van der Waals surface area contributed by atoms with E-state index in [9.17, 15) is 0 Å². The van der Waals surface area contributed by atoms with Crippen molar-refractivity contribution in [2.75, 3.05) is 0 Å². The van der Waals surface area contributed by atoms with Crippen LogP contribution in [-0.2, 0) is 0 Å². The Balaban J connectivity index is 0.931. The first-order chi connectivity index (χ1) is 31.7. The highest BCUT2D eigenvalue weighted by Gasteiger charge is 2.48. The molecule has 0 spiro atoms. The van der Waals surface area contributed by atoms with Gasteiger partial charge in [0.25, 0.3) is 13.4 Å². The summed E-state index contributed by atoms with van der Waals surface area (Å²) in [7, 11) is 0. The highest BCUT2D eigenvalue weighted by atomic mass is 16.5. The predicted octanol–water partition coefficient (Wildman–Crippen LogP) is 9.55. The quantitative estimate of drug-likeness (QED) is 0.162. The van der Waals surface area contributed by atoms with E-state index in [1.54, 1.807) is 0 Å². The SMILES string of the molecule is c1cc2c3c(c1)Oc1cc(-n4c5ccccc5c5c4ccc4c6ccccc6n(-c6cc7c8c(c6)Oc6cccc9c6B8c6c(cccc6O7)O9)c45)cc4c1B3c1c(cccc1O4)O2. The third-order valence-corrected chi connectivity index (χ3v) is 14.3. The van der Waals surface area contributed by atoms with Gasteiger partial charge in [-0.3, -0.25) is 0 Å². The second-order valence-electron chi connectivity index (χ2n) is 17.4. The van der Waals surface area contributed by atoms with Crippen LogP contribution in [0.2, 0.25) is 0 Å². The molecule has 11 aromatic rings. The lowest BCUT2D eigenvalue weighted by Gasteiger charge is -2.37. The number of para-hydroxylation sites is 2. The van der Waals surface area contributed by atoms with Crippen molar-refractivity contribution in [3.8, 4) is 80.4 Å². The lowest BCUT2D eigenvalue weighted by Crippen LogP contribution is -2.59. The van der Waals surface area contributed by atoms with Crippen LogP contribution in [0.4, 0.5) is 0 Å². The summed E-state index contributed by atoms with van der Waals surface area (Å²) in [5.41, 5.74) is 12.4. The van der Waals surface area contributed by atoms with E-state index < -0.39 is 0 Å². The Labute approximate surface area is 364 Å². The Hall–Kier alpha value is -8.49. The van der Waals surface area contributed by atoms with Gasteiger partial charge < -0.3 is 37.6 Å². The van der Waals surface area contributed by atoms with Gasteiger partial charge in [-0.05, 0) is 66.7 Å². The van der Waals surface area contributed by atoms with Crippen LogP contribution in [0.15, 0.2) is 158 Å². The van der Waals surface area contributed by atoms with Crippen LogP contribution < -0.4 is 61.2 Å². The van der Waals surface area contributed by atoms with E-state index in [1.165, 1.54) is 0 Å². The molecule has 9 aromatic carbocycles. The summed E-state index contributed by atoms with van der Waals surface area (Å²) in [6.45, 7) is -0.128. The fourth-order valence-corrected chi connectivity index (χ4v) is 11.9. The molecular formula is C54H26B2N2O6. The number of aromatic nitrogens is 2. The molecule has 2 aromatic heterocycles. The fourth-order valence-electron chi connectivity index (χ4n) is 11.9. The molecule has 0 saturated heterocycles. The van der Waals surface area contributed by atoms with Crippen molar-refractivity contribution in [1.29, 1.82) is 0 Å². The third-order valence-electron chi connectivity index (χ3n) is 14.3. The molecule has 64 heavy (non-hydrogen) atoms. The molecule has 0 aliphatic carbocycles. The van der Waals surface area contributed by atoms with Gasteiger partial charge in [0.1, 0.15) is 69.0 Å². The first-order valence-electron chi connectivity index (χ1n) is 21.6. The minimum absolute atomic E-state index is 0.0616. The van der Waals surface area contributed by atoms with Gasteiger partial charge in [0.2, 0.25) is 0 Å². The summed E-state index contributed by atoms with van der Waals surface area (Å²) in [6.07, 6.45) is 0. The maximum Gasteiger partial charge on any atom is 0.270 e. The van der Waals surface area contributed by atoms with E-state index in [-0.39, 0.29) is 13.4 Å². The number of rotatable bonds is 2. The van der Waals surface area contributed by atoms with Crippen LogP contribution in [-0.4, -0.2) is 22.6 Å². The highest BCUT2D eigenvalue weighted by molar-refractivity contribution is 7.00. The number of ether oxygens (including phenoxy) is 6. The molecule has 0 bridgehead atoms. The van der Waals surface area contributed by atoms with Crippen molar-refractivity contribution in [1.82, 2.24) is 9.13 Å². The Morgan fingerprint density at radius 2 is 0.641 bits per heavy atom. The molecule has 0 amide bonds. The van der Waals surface area contributed by atoms with Crippen molar-refractivity contribution in [3.63, 3.8) is 0 Å². The molecule has 10 heteroatoms. The molecule has 0 saturated carbocycles. The van der Waals surface area contributed by atoms with E-state index >= 15 is 0 Å². The Morgan fingerprint density at radius 3 is 1.09 bits per heavy atom. The van der Waals surface area contributed by atoms with Gasteiger partial charge in [-0.25, -0.2) is 0 Å². The molecule has 8 nitrogen and oxygen atoms in total. The molecule has 294 valence electrons. The molecular weight excluding hydrogens is 794 g/mol. The molecule has 6 aliphatic rings. The van der Waals surface area contributed by atoms with Crippen LogP contribution in [0.3, 0.4) is 0 Å². The van der Waals surface area contributed by atoms with E-state index in [1.807, 2.05) is 72.8 Å². The zero-order valence-corrected chi connectivity index (χ0v) is 33.5. The van der Waals surface area contributed by atoms with Crippen molar-refractivity contribution < 1.29 is 28.4 Å². The van der Waals surface area contributed by atoms with Gasteiger partial charge in [0, 0.05) is 78.6 Å². The molecule has 17 rings (SSSR count). The van der Waals surface area contributed by atoms with Crippen LogP contribution in [0, 0.1) is 0 Å². The zero-order valence-electron chi connectivity index (χ0n) is 33.5. The van der Waals surface area contributed by atoms with Crippen LogP contribution in [0.25, 0.3) is 55.0 Å². The third kappa shape index (κ3) is 3.74. The smallest absolute Gasteiger partial charge is 0.270 e. The summed E-state index contributed by atoms with van der Waals surface area (Å²) < 4.78 is 45.0. The van der Waals surface area contributed by atoms with Crippen molar-refractivity contribution in [3.05, 3.63) is 158 Å². The highest BCUT2D eigenvalue weighted by Crippen LogP contribution is 2.48. The van der Waals surface area contributed by atoms with Crippen molar-refractivity contribution >= 4 is 89.8 Å². The van der Waals surface area contributed by atoms with Gasteiger partial charge in [0.15, 0.2) is 0 Å². The van der Waals surface area contributed by atoms with Crippen molar-refractivity contribution in [2.24, 2.45) is 0 Å². The number of nitrogens with zero attached hydrogens (tertiary/aromatic N) is 2. The zero-order chi connectivity index (χ0) is 41.1. The average Bonchev–Trinajstić information content (AvgIpc) is 3.84. The maximum atomic E-state index is 6.86. The molecule has 0 fully saturated rings. The largest absolute Gasteiger partial charge is 0.458 e. The number of hydrogen-bond acceptors (Lipinski definition) is 6.